The van der Waals surface area contributed by atoms with Gasteiger partial charge in [-0.15, -0.1) is 0 Å². The molecule has 0 N–H and O–H groups in total. The van der Waals surface area contributed by atoms with Gasteiger partial charge >= 0.3 is 0 Å². The Morgan fingerprint density at radius 1 is 1.08 bits per heavy atom. The van der Waals surface area contributed by atoms with E-state index in [1.54, 1.807) is 28.6 Å². The van der Waals surface area contributed by atoms with E-state index in [0.717, 1.165) is 30.4 Å². The Bertz CT molecular complexity index is 814. The summed E-state index contributed by atoms with van der Waals surface area (Å²) in [6.07, 6.45) is 2.51. The molecule has 134 valence electrons. The Morgan fingerprint density at radius 2 is 1.72 bits per heavy atom. The highest BCUT2D eigenvalue weighted by Gasteiger charge is 2.36. The summed E-state index contributed by atoms with van der Waals surface area (Å²) < 4.78 is 40.9. The summed E-state index contributed by atoms with van der Waals surface area (Å²) in [5.41, 5.74) is 1.99. The highest BCUT2D eigenvalue weighted by molar-refractivity contribution is 7.89. The van der Waals surface area contributed by atoms with Gasteiger partial charge < -0.3 is 0 Å². The predicted molar refractivity (Wildman–Crippen MR) is 97.3 cm³/mol. The van der Waals surface area contributed by atoms with E-state index < -0.39 is 10.0 Å². The van der Waals surface area contributed by atoms with E-state index in [9.17, 15) is 12.8 Å². The normalized spacial score (nSPS) is 18.8. The van der Waals surface area contributed by atoms with Crippen molar-refractivity contribution in [1.82, 2.24) is 4.31 Å². The fourth-order valence-electron chi connectivity index (χ4n) is 3.45. The molecule has 0 radical (unpaired) electrons. The average Bonchev–Trinajstić information content (AvgIpc) is 3.06. The van der Waals surface area contributed by atoms with Gasteiger partial charge in [0, 0.05) is 6.54 Å². The molecule has 3 nitrogen and oxygen atoms in total. The summed E-state index contributed by atoms with van der Waals surface area (Å²) in [5, 5.41) is 0. The van der Waals surface area contributed by atoms with Crippen LogP contribution in [0.3, 0.4) is 0 Å². The standard InChI is InChI=1S/C20H24FNO2S/c1-15(2)14-16-5-11-19(12-6-16)25(23,24)22-13-3-4-20(22)17-7-9-18(21)10-8-17/h5-12,15,20H,3-4,13-14H2,1-2H3/t20-/m1/s1. The maximum atomic E-state index is 13.2. The van der Waals surface area contributed by atoms with Crippen molar-refractivity contribution in [2.24, 2.45) is 5.92 Å². The quantitative estimate of drug-likeness (QED) is 0.783. The molecule has 0 saturated carbocycles. The topological polar surface area (TPSA) is 37.4 Å². The van der Waals surface area contributed by atoms with Crippen LogP contribution in [0.25, 0.3) is 0 Å². The first kappa shape index (κ1) is 18.1. The first-order chi connectivity index (χ1) is 11.9. The molecular formula is C20H24FNO2S. The van der Waals surface area contributed by atoms with E-state index >= 15 is 0 Å². The minimum Gasteiger partial charge on any atom is -0.207 e. The van der Waals surface area contributed by atoms with Crippen LogP contribution in [0.15, 0.2) is 53.4 Å². The van der Waals surface area contributed by atoms with Crippen LogP contribution in [0.2, 0.25) is 0 Å². The summed E-state index contributed by atoms with van der Waals surface area (Å²) in [5.74, 6) is 0.223. The molecule has 1 aliphatic rings. The highest BCUT2D eigenvalue weighted by Crippen LogP contribution is 2.36. The van der Waals surface area contributed by atoms with Crippen molar-refractivity contribution in [3.8, 4) is 0 Å². The second kappa shape index (κ2) is 7.26. The van der Waals surface area contributed by atoms with Crippen LogP contribution in [-0.2, 0) is 16.4 Å². The molecular weight excluding hydrogens is 337 g/mol. The number of rotatable bonds is 5. The number of halogens is 1. The zero-order valence-corrected chi connectivity index (χ0v) is 15.5. The molecule has 0 aromatic heterocycles. The maximum absolute atomic E-state index is 13.2. The van der Waals surface area contributed by atoms with Gasteiger partial charge in [-0.05, 0) is 60.6 Å². The molecule has 1 heterocycles. The summed E-state index contributed by atoms with van der Waals surface area (Å²) in [4.78, 5) is 0.328. The average molecular weight is 361 g/mol. The van der Waals surface area contributed by atoms with E-state index in [2.05, 4.69) is 13.8 Å². The molecule has 5 heteroatoms. The van der Waals surface area contributed by atoms with Gasteiger partial charge in [-0.3, -0.25) is 0 Å². The van der Waals surface area contributed by atoms with Crippen LogP contribution in [0.1, 0.15) is 43.9 Å². The number of benzene rings is 2. The van der Waals surface area contributed by atoms with Crippen molar-refractivity contribution < 1.29 is 12.8 Å². The Hall–Kier alpha value is -1.72. The Labute approximate surface area is 149 Å². The van der Waals surface area contributed by atoms with E-state index in [1.807, 2.05) is 12.1 Å². The zero-order chi connectivity index (χ0) is 18.0. The lowest BCUT2D eigenvalue weighted by molar-refractivity contribution is 0.396. The monoisotopic (exact) mass is 361 g/mol. The third kappa shape index (κ3) is 3.93. The number of nitrogens with zero attached hydrogens (tertiary/aromatic N) is 1. The molecule has 1 fully saturated rings. The van der Waals surface area contributed by atoms with Crippen molar-refractivity contribution >= 4 is 10.0 Å². The molecule has 0 aliphatic carbocycles. The molecule has 1 atom stereocenters. The summed E-state index contributed by atoms with van der Waals surface area (Å²) in [7, 11) is -3.55. The molecule has 0 spiro atoms. The predicted octanol–water partition coefficient (Wildman–Crippen LogP) is 4.55. The van der Waals surface area contributed by atoms with Crippen LogP contribution in [0, 0.1) is 11.7 Å². The molecule has 2 aromatic carbocycles. The molecule has 0 bridgehead atoms. The van der Waals surface area contributed by atoms with Gasteiger partial charge in [0.2, 0.25) is 10.0 Å². The van der Waals surface area contributed by atoms with Crippen molar-refractivity contribution in [2.75, 3.05) is 6.54 Å². The van der Waals surface area contributed by atoms with Crippen molar-refractivity contribution in [1.29, 1.82) is 0 Å². The number of sulfonamides is 1. The first-order valence-corrected chi connectivity index (χ1v) is 10.2. The smallest absolute Gasteiger partial charge is 0.207 e. The van der Waals surface area contributed by atoms with Crippen molar-refractivity contribution in [3.05, 3.63) is 65.5 Å². The molecule has 3 rings (SSSR count). The van der Waals surface area contributed by atoms with Crippen molar-refractivity contribution in [3.63, 3.8) is 0 Å². The lowest BCUT2D eigenvalue weighted by Crippen LogP contribution is -2.30. The summed E-state index contributed by atoms with van der Waals surface area (Å²) >= 11 is 0. The van der Waals surface area contributed by atoms with Gasteiger partial charge in [-0.25, -0.2) is 12.8 Å². The van der Waals surface area contributed by atoms with E-state index in [4.69, 9.17) is 0 Å². The molecule has 25 heavy (non-hydrogen) atoms. The minimum absolute atomic E-state index is 0.221. The highest BCUT2D eigenvalue weighted by atomic mass is 32.2. The maximum Gasteiger partial charge on any atom is 0.243 e. The number of hydrogen-bond donors (Lipinski definition) is 0. The van der Waals surface area contributed by atoms with Gasteiger partial charge in [-0.1, -0.05) is 38.1 Å². The van der Waals surface area contributed by atoms with E-state index in [-0.39, 0.29) is 11.9 Å². The molecule has 2 aromatic rings. The van der Waals surface area contributed by atoms with Crippen LogP contribution in [-0.4, -0.2) is 19.3 Å². The minimum atomic E-state index is -3.55. The van der Waals surface area contributed by atoms with Crippen molar-refractivity contribution in [2.45, 2.75) is 44.0 Å². The molecule has 1 saturated heterocycles. The van der Waals surface area contributed by atoms with Gasteiger partial charge in [0.05, 0.1) is 10.9 Å². The van der Waals surface area contributed by atoms with Crippen LogP contribution < -0.4 is 0 Å². The van der Waals surface area contributed by atoms with E-state index in [0.29, 0.717) is 17.4 Å². The zero-order valence-electron chi connectivity index (χ0n) is 14.7. The fourth-order valence-corrected chi connectivity index (χ4v) is 5.13. The third-order valence-electron chi connectivity index (χ3n) is 4.63. The fraction of sp³-hybridized carbons (Fsp3) is 0.400. The Kier molecular flexibility index (Phi) is 5.25. The van der Waals surface area contributed by atoms with Gasteiger partial charge in [0.15, 0.2) is 0 Å². The Morgan fingerprint density at radius 3 is 2.32 bits per heavy atom. The molecule has 0 amide bonds. The Balaban J connectivity index is 1.86. The first-order valence-electron chi connectivity index (χ1n) is 8.74. The van der Waals surface area contributed by atoms with Crippen LogP contribution >= 0.6 is 0 Å². The second-order valence-electron chi connectivity index (χ2n) is 7.07. The SMILES string of the molecule is CC(C)Cc1ccc(S(=O)(=O)N2CCC[C@@H]2c2ccc(F)cc2)cc1. The summed E-state index contributed by atoms with van der Waals surface area (Å²) in [6, 6.07) is 13.1. The largest absolute Gasteiger partial charge is 0.243 e. The molecule has 0 unspecified atom stereocenters. The van der Waals surface area contributed by atoms with Gasteiger partial charge in [-0.2, -0.15) is 4.31 Å². The van der Waals surface area contributed by atoms with Crippen LogP contribution in [0.5, 0.6) is 0 Å². The lowest BCUT2D eigenvalue weighted by atomic mass is 10.0. The molecule has 1 aliphatic heterocycles. The summed E-state index contributed by atoms with van der Waals surface area (Å²) in [6.45, 7) is 4.78. The van der Waals surface area contributed by atoms with Crippen LogP contribution in [0.4, 0.5) is 4.39 Å². The van der Waals surface area contributed by atoms with Gasteiger partial charge in [0.25, 0.3) is 0 Å². The number of hydrogen-bond acceptors (Lipinski definition) is 2. The van der Waals surface area contributed by atoms with Gasteiger partial charge in [0.1, 0.15) is 5.82 Å². The third-order valence-corrected chi connectivity index (χ3v) is 6.55. The van der Waals surface area contributed by atoms with E-state index in [1.165, 1.54) is 12.1 Å². The lowest BCUT2D eigenvalue weighted by Gasteiger charge is -2.24. The second-order valence-corrected chi connectivity index (χ2v) is 8.96.